The molecular weight excluding hydrogens is 489 g/mol. The summed E-state index contributed by atoms with van der Waals surface area (Å²) >= 11 is 6.56. The summed E-state index contributed by atoms with van der Waals surface area (Å²) in [5, 5.41) is 15.5. The van der Waals surface area contributed by atoms with Crippen LogP contribution in [0.15, 0.2) is 60.7 Å². The van der Waals surface area contributed by atoms with Crippen LogP contribution in [0.4, 0.5) is 10.1 Å². The quantitative estimate of drug-likeness (QED) is 0.384. The monoisotopic (exact) mass is 511 g/mol. The molecule has 0 radical (unpaired) electrons. The highest BCUT2D eigenvalue weighted by Gasteiger charge is 2.68. The summed E-state index contributed by atoms with van der Waals surface area (Å²) < 4.78 is 25.3. The number of nitrogens with zero attached hydrogens (tertiary/aromatic N) is 2. The molecule has 36 heavy (non-hydrogen) atoms. The van der Waals surface area contributed by atoms with Gasteiger partial charge < -0.3 is 14.8 Å². The topological polar surface area (TPSA) is 93.9 Å². The fourth-order valence-corrected chi connectivity index (χ4v) is 5.71. The van der Waals surface area contributed by atoms with Crippen LogP contribution >= 0.6 is 11.6 Å². The van der Waals surface area contributed by atoms with Crippen LogP contribution in [0.5, 0.6) is 11.5 Å². The first-order valence-corrected chi connectivity index (χ1v) is 11.7. The highest BCUT2D eigenvalue weighted by atomic mass is 35.5. The maximum absolute atomic E-state index is 14.0. The van der Waals surface area contributed by atoms with Crippen LogP contribution in [-0.2, 0) is 16.9 Å². The number of amides is 1. The van der Waals surface area contributed by atoms with Crippen molar-refractivity contribution in [3.8, 4) is 11.5 Å². The Morgan fingerprint density at radius 1 is 1.22 bits per heavy atom. The van der Waals surface area contributed by atoms with E-state index in [9.17, 15) is 19.3 Å². The van der Waals surface area contributed by atoms with Crippen LogP contribution in [0.25, 0.3) is 0 Å². The zero-order valence-electron chi connectivity index (χ0n) is 19.5. The molecular formula is C26H23ClFN3O5. The number of anilines is 1. The van der Waals surface area contributed by atoms with Crippen LogP contribution in [0, 0.1) is 15.9 Å². The molecule has 0 unspecified atom stereocenters. The molecule has 0 bridgehead atoms. The van der Waals surface area contributed by atoms with Crippen molar-refractivity contribution in [3.05, 3.63) is 98.3 Å². The second-order valence-corrected chi connectivity index (χ2v) is 9.30. The van der Waals surface area contributed by atoms with Crippen LogP contribution in [0.2, 0.25) is 5.02 Å². The van der Waals surface area contributed by atoms with Crippen molar-refractivity contribution in [2.45, 2.75) is 24.1 Å². The zero-order valence-corrected chi connectivity index (χ0v) is 20.3. The van der Waals surface area contributed by atoms with Gasteiger partial charge >= 0.3 is 0 Å². The van der Waals surface area contributed by atoms with E-state index >= 15 is 0 Å². The molecule has 2 aliphatic heterocycles. The van der Waals surface area contributed by atoms with E-state index in [1.54, 1.807) is 66.5 Å². The van der Waals surface area contributed by atoms with Crippen LogP contribution < -0.4 is 14.8 Å². The summed E-state index contributed by atoms with van der Waals surface area (Å²) in [5.41, 5.74) is 0.555. The molecule has 1 spiro atoms. The molecule has 0 aliphatic carbocycles. The number of hydrogen-bond donors (Lipinski definition) is 1. The molecule has 1 amide bonds. The molecule has 1 N–H and O–H groups in total. The molecule has 2 aliphatic rings. The van der Waals surface area contributed by atoms with E-state index in [-0.39, 0.29) is 29.7 Å². The van der Waals surface area contributed by atoms with Crippen LogP contribution in [0.3, 0.4) is 0 Å². The van der Waals surface area contributed by atoms with Gasteiger partial charge in [0.15, 0.2) is 17.0 Å². The van der Waals surface area contributed by atoms with E-state index in [0.29, 0.717) is 22.4 Å². The largest absolute Gasteiger partial charge is 0.493 e. The van der Waals surface area contributed by atoms with Gasteiger partial charge in [-0.25, -0.2) is 4.39 Å². The zero-order chi connectivity index (χ0) is 25.6. The predicted molar refractivity (Wildman–Crippen MR) is 132 cm³/mol. The SMILES string of the molecule is COc1cc([C@@H]2CN(C)[C@@]3(C(=O)Nc4ccccc43)[C@H]2[N+](=O)[O-])cc(Cl)c1OCc1ccccc1F. The van der Waals surface area contributed by atoms with Crippen molar-refractivity contribution < 1.29 is 23.6 Å². The first-order valence-electron chi connectivity index (χ1n) is 11.3. The normalized spacial score (nSPS) is 22.9. The summed E-state index contributed by atoms with van der Waals surface area (Å²) in [6.07, 6.45) is 0. The standard InChI is InChI=1S/C26H23ClFN3O5/c1-30-13-17(24(31(33)34)26(30)18-8-4-6-10-21(18)29-25(26)32)16-11-19(27)23(22(12-16)35-2)36-14-15-7-3-5-9-20(15)28/h3-12,17,24H,13-14H2,1-2H3,(H,29,32)/t17-,24-,26+/m0/s1. The lowest BCUT2D eigenvalue weighted by atomic mass is 9.79. The Morgan fingerprint density at radius 3 is 2.67 bits per heavy atom. The first kappa shape index (κ1) is 24.0. The third-order valence-electron chi connectivity index (χ3n) is 7.05. The Balaban J connectivity index is 1.54. The smallest absolute Gasteiger partial charge is 0.256 e. The van der Waals surface area contributed by atoms with Gasteiger partial charge in [0, 0.05) is 28.3 Å². The fraction of sp³-hybridized carbons (Fsp3) is 0.269. The maximum atomic E-state index is 14.0. The minimum absolute atomic E-state index is 0.0775. The van der Waals surface area contributed by atoms with Gasteiger partial charge in [0.25, 0.3) is 11.9 Å². The first-order chi connectivity index (χ1) is 17.3. The minimum Gasteiger partial charge on any atom is -0.493 e. The van der Waals surface area contributed by atoms with E-state index in [2.05, 4.69) is 5.32 Å². The third kappa shape index (κ3) is 3.58. The third-order valence-corrected chi connectivity index (χ3v) is 7.33. The van der Waals surface area contributed by atoms with E-state index in [0.717, 1.165) is 0 Å². The number of benzene rings is 3. The van der Waals surface area contributed by atoms with Gasteiger partial charge in [-0.15, -0.1) is 0 Å². The second-order valence-electron chi connectivity index (χ2n) is 8.90. The number of carbonyl (C=O) groups excluding carboxylic acids is 1. The molecule has 1 saturated heterocycles. The molecule has 5 rings (SSSR count). The van der Waals surface area contributed by atoms with Crippen molar-refractivity contribution in [3.63, 3.8) is 0 Å². The highest BCUT2D eigenvalue weighted by molar-refractivity contribution is 6.32. The number of rotatable bonds is 6. The van der Waals surface area contributed by atoms with Gasteiger partial charge in [-0.05, 0) is 36.9 Å². The molecule has 2 heterocycles. The lowest BCUT2D eigenvalue weighted by molar-refractivity contribution is -0.534. The fourth-order valence-electron chi connectivity index (χ4n) is 5.44. The molecule has 3 aromatic rings. The van der Waals surface area contributed by atoms with E-state index in [4.69, 9.17) is 21.1 Å². The van der Waals surface area contributed by atoms with Gasteiger partial charge in [-0.2, -0.15) is 0 Å². The minimum atomic E-state index is -1.47. The van der Waals surface area contributed by atoms with E-state index < -0.39 is 34.1 Å². The number of halogens is 2. The Bertz CT molecular complexity index is 1370. The van der Waals surface area contributed by atoms with Crippen LogP contribution in [-0.4, -0.2) is 42.5 Å². The number of methoxy groups -OCH3 is 1. The summed E-state index contributed by atoms with van der Waals surface area (Å²) in [5.74, 6) is -1.05. The highest BCUT2D eigenvalue weighted by Crippen LogP contribution is 2.53. The maximum Gasteiger partial charge on any atom is 0.256 e. The van der Waals surface area contributed by atoms with Crippen molar-refractivity contribution >= 4 is 23.2 Å². The molecule has 3 aromatic carbocycles. The Morgan fingerprint density at radius 2 is 1.94 bits per heavy atom. The summed E-state index contributed by atoms with van der Waals surface area (Å²) in [4.78, 5) is 27.2. The number of likely N-dealkylation sites (N-methyl/N-ethyl adjacent to an activating group) is 1. The number of nitro groups is 1. The molecule has 0 saturated carbocycles. The van der Waals surface area contributed by atoms with E-state index in [1.807, 2.05) is 0 Å². The lowest BCUT2D eigenvalue weighted by Crippen LogP contribution is -2.54. The number of carbonyl (C=O) groups is 1. The van der Waals surface area contributed by atoms with Gasteiger partial charge in [0.05, 0.1) is 18.1 Å². The molecule has 10 heteroatoms. The summed E-state index contributed by atoms with van der Waals surface area (Å²) in [7, 11) is 3.14. The van der Waals surface area contributed by atoms with Crippen molar-refractivity contribution in [2.24, 2.45) is 0 Å². The molecule has 3 atom stereocenters. The molecule has 0 aromatic heterocycles. The van der Waals surface area contributed by atoms with Crippen LogP contribution in [0.1, 0.15) is 22.6 Å². The number of nitrogens with one attached hydrogen (secondary N) is 1. The number of para-hydroxylation sites is 1. The average molecular weight is 512 g/mol. The van der Waals surface area contributed by atoms with Crippen molar-refractivity contribution in [1.29, 1.82) is 0 Å². The Hall–Kier alpha value is -3.69. The van der Waals surface area contributed by atoms with Crippen molar-refractivity contribution in [2.75, 3.05) is 26.0 Å². The number of fused-ring (bicyclic) bond motifs is 2. The van der Waals surface area contributed by atoms with Gasteiger partial charge in [0.2, 0.25) is 0 Å². The van der Waals surface area contributed by atoms with E-state index in [1.165, 1.54) is 13.2 Å². The predicted octanol–water partition coefficient (Wildman–Crippen LogP) is 4.59. The number of ether oxygens (including phenoxy) is 2. The molecule has 8 nitrogen and oxygen atoms in total. The van der Waals surface area contributed by atoms with Gasteiger partial charge in [-0.3, -0.25) is 19.8 Å². The van der Waals surface area contributed by atoms with Gasteiger partial charge in [-0.1, -0.05) is 48.0 Å². The summed E-state index contributed by atoms with van der Waals surface area (Å²) in [6.45, 7) is 0.161. The number of likely N-dealkylation sites (tertiary alicyclic amines) is 1. The average Bonchev–Trinajstić information content (AvgIpc) is 3.33. The molecule has 186 valence electrons. The number of hydrogen-bond acceptors (Lipinski definition) is 6. The van der Waals surface area contributed by atoms with Crippen molar-refractivity contribution in [1.82, 2.24) is 4.90 Å². The Kier molecular flexibility index (Phi) is 6.05. The second kappa shape index (κ2) is 9.07. The Labute approximate surface area is 211 Å². The molecule has 1 fully saturated rings. The lowest BCUT2D eigenvalue weighted by Gasteiger charge is -2.30. The summed E-state index contributed by atoms with van der Waals surface area (Å²) in [6, 6.07) is 15.2. The van der Waals surface area contributed by atoms with Gasteiger partial charge in [0.1, 0.15) is 12.4 Å².